The van der Waals surface area contributed by atoms with E-state index in [1.807, 2.05) is 0 Å². The molecule has 0 aromatic rings. The van der Waals surface area contributed by atoms with Crippen molar-refractivity contribution in [2.75, 3.05) is 6.61 Å². The van der Waals surface area contributed by atoms with E-state index in [4.69, 9.17) is 5.11 Å². The Morgan fingerprint density at radius 1 is 1.89 bits per heavy atom. The van der Waals surface area contributed by atoms with Gasteiger partial charge in [0.25, 0.3) is 0 Å². The number of hydrogen-bond acceptors (Lipinski definition) is 3. The van der Waals surface area contributed by atoms with Crippen molar-refractivity contribution in [3.8, 4) is 0 Å². The van der Waals surface area contributed by atoms with E-state index < -0.39 is 12.3 Å². The molecular weight excluding hydrogens is 124 g/mol. The van der Waals surface area contributed by atoms with Gasteiger partial charge in [-0.2, -0.15) is 0 Å². The summed E-state index contributed by atoms with van der Waals surface area (Å²) < 4.78 is 9.01. The highest BCUT2D eigenvalue weighted by Crippen LogP contribution is 2.03. The minimum Gasteiger partial charge on any atom is -0.497 e. The summed E-state index contributed by atoms with van der Waals surface area (Å²) in [4.78, 5) is 9.84. The maximum Gasteiger partial charge on any atom is 0.506 e. The van der Waals surface area contributed by atoms with Gasteiger partial charge < -0.3 is 14.6 Å². The van der Waals surface area contributed by atoms with Crippen molar-refractivity contribution in [1.82, 2.24) is 0 Å². The first-order valence-electron chi connectivity index (χ1n) is 2.47. The van der Waals surface area contributed by atoms with Gasteiger partial charge in [-0.3, -0.25) is 0 Å². The molecule has 0 aromatic heterocycles. The molecule has 1 heterocycles. The largest absolute Gasteiger partial charge is 0.506 e. The van der Waals surface area contributed by atoms with Crippen LogP contribution in [0.25, 0.3) is 0 Å². The van der Waals surface area contributed by atoms with Gasteiger partial charge in [0.2, 0.25) is 0 Å². The lowest BCUT2D eigenvalue weighted by Gasteiger charge is -2.02. The van der Waals surface area contributed by atoms with Crippen LogP contribution in [0.3, 0.4) is 0 Å². The highest BCUT2D eigenvalue weighted by molar-refractivity contribution is 5.57. The summed E-state index contributed by atoms with van der Waals surface area (Å²) in [7, 11) is 0. The van der Waals surface area contributed by atoms with Gasteiger partial charge in [-0.1, -0.05) is 0 Å². The Balaban J connectivity index is 2.28. The van der Waals surface area contributed by atoms with Crippen molar-refractivity contribution in [3.05, 3.63) is 12.3 Å². The van der Waals surface area contributed by atoms with Gasteiger partial charge in [-0.25, -0.2) is 4.79 Å². The number of hydrogen-bond donors (Lipinski definition) is 1. The summed E-state index contributed by atoms with van der Waals surface area (Å²) in [6.45, 7) is 0.298. The number of ether oxygens (including phenoxy) is 2. The van der Waals surface area contributed by atoms with Crippen LogP contribution in [0.2, 0.25) is 0 Å². The van der Waals surface area contributed by atoms with Crippen LogP contribution in [0.4, 0.5) is 4.79 Å². The average molecular weight is 130 g/mol. The van der Waals surface area contributed by atoms with Crippen LogP contribution in [0.5, 0.6) is 0 Å². The summed E-state index contributed by atoms with van der Waals surface area (Å²) in [6, 6.07) is 0. The van der Waals surface area contributed by atoms with Crippen LogP contribution in [0.15, 0.2) is 12.3 Å². The molecule has 0 fully saturated rings. The molecule has 1 rings (SSSR count). The molecule has 1 aliphatic rings. The Kier molecular flexibility index (Phi) is 1.58. The predicted octanol–water partition coefficient (Wildman–Crippen LogP) is 0.593. The Morgan fingerprint density at radius 3 is 3.11 bits per heavy atom. The van der Waals surface area contributed by atoms with Crippen molar-refractivity contribution in [2.24, 2.45) is 0 Å². The molecular formula is C5H6O4. The maximum absolute atomic E-state index is 9.84. The fourth-order valence-electron chi connectivity index (χ4n) is 0.552. The molecule has 1 aliphatic heterocycles. The molecule has 1 atom stereocenters. The predicted molar refractivity (Wildman–Crippen MR) is 28.0 cm³/mol. The quantitative estimate of drug-likeness (QED) is 0.528. The van der Waals surface area contributed by atoms with Crippen molar-refractivity contribution in [1.29, 1.82) is 0 Å². The minimum absolute atomic E-state index is 0.298. The van der Waals surface area contributed by atoms with Crippen molar-refractivity contribution in [3.63, 3.8) is 0 Å². The molecule has 0 radical (unpaired) electrons. The van der Waals surface area contributed by atoms with E-state index in [0.717, 1.165) is 0 Å². The normalized spacial score (nSPS) is 23.3. The molecule has 4 nitrogen and oxygen atoms in total. The lowest BCUT2D eigenvalue weighted by atomic mass is 10.4. The van der Waals surface area contributed by atoms with Gasteiger partial charge in [0, 0.05) is 0 Å². The van der Waals surface area contributed by atoms with Crippen LogP contribution in [-0.4, -0.2) is 24.0 Å². The van der Waals surface area contributed by atoms with Gasteiger partial charge in [-0.05, 0) is 6.08 Å². The van der Waals surface area contributed by atoms with E-state index in [9.17, 15) is 4.79 Å². The van der Waals surface area contributed by atoms with E-state index >= 15 is 0 Å². The summed E-state index contributed by atoms with van der Waals surface area (Å²) in [5.41, 5.74) is 0. The van der Waals surface area contributed by atoms with Gasteiger partial charge in [0.15, 0.2) is 6.10 Å². The Bertz CT molecular complexity index is 140. The molecule has 0 spiro atoms. The summed E-state index contributed by atoms with van der Waals surface area (Å²) in [5, 5.41) is 8.06. The zero-order valence-electron chi connectivity index (χ0n) is 4.61. The second-order valence-electron chi connectivity index (χ2n) is 1.58. The minimum atomic E-state index is -1.27. The molecule has 0 aromatic carbocycles. The van der Waals surface area contributed by atoms with E-state index in [1.54, 1.807) is 6.08 Å². The monoisotopic (exact) mass is 130 g/mol. The van der Waals surface area contributed by atoms with Crippen LogP contribution in [-0.2, 0) is 9.47 Å². The highest BCUT2D eigenvalue weighted by Gasteiger charge is 2.13. The topological polar surface area (TPSA) is 55.8 Å². The summed E-state index contributed by atoms with van der Waals surface area (Å²) in [6.07, 6.45) is 1.29. The van der Waals surface area contributed by atoms with E-state index in [1.165, 1.54) is 6.26 Å². The molecule has 0 saturated heterocycles. The van der Waals surface area contributed by atoms with Crippen LogP contribution in [0.1, 0.15) is 0 Å². The van der Waals surface area contributed by atoms with Crippen molar-refractivity contribution >= 4 is 6.16 Å². The third kappa shape index (κ3) is 1.64. The molecule has 50 valence electrons. The van der Waals surface area contributed by atoms with Crippen LogP contribution >= 0.6 is 0 Å². The molecule has 1 unspecified atom stereocenters. The van der Waals surface area contributed by atoms with Crippen molar-refractivity contribution < 1.29 is 19.4 Å². The second kappa shape index (κ2) is 2.39. The van der Waals surface area contributed by atoms with Crippen LogP contribution in [0, 0.1) is 0 Å². The van der Waals surface area contributed by atoms with Gasteiger partial charge in [0.05, 0.1) is 6.26 Å². The van der Waals surface area contributed by atoms with E-state index in [2.05, 4.69) is 9.47 Å². The Morgan fingerprint density at radius 2 is 2.67 bits per heavy atom. The number of carbonyl (C=O) groups is 1. The van der Waals surface area contributed by atoms with Gasteiger partial charge in [0.1, 0.15) is 6.61 Å². The fourth-order valence-corrected chi connectivity index (χ4v) is 0.552. The lowest BCUT2D eigenvalue weighted by molar-refractivity contribution is 0.0532. The molecule has 0 bridgehead atoms. The Labute approximate surface area is 51.7 Å². The Hall–Kier alpha value is -1.19. The molecule has 1 N–H and O–H groups in total. The summed E-state index contributed by atoms with van der Waals surface area (Å²) >= 11 is 0. The number of carboxylic acid groups (broad SMARTS) is 1. The second-order valence-corrected chi connectivity index (χ2v) is 1.58. The first-order valence-corrected chi connectivity index (χ1v) is 2.47. The zero-order chi connectivity index (χ0) is 6.69. The third-order valence-electron chi connectivity index (χ3n) is 0.902. The van der Waals surface area contributed by atoms with Crippen LogP contribution < -0.4 is 0 Å². The molecule has 0 aliphatic carbocycles. The number of rotatable bonds is 1. The first kappa shape index (κ1) is 5.94. The molecule has 4 heteroatoms. The van der Waals surface area contributed by atoms with Crippen molar-refractivity contribution in [2.45, 2.75) is 6.10 Å². The fraction of sp³-hybridized carbons (Fsp3) is 0.400. The maximum atomic E-state index is 9.84. The van der Waals surface area contributed by atoms with E-state index in [0.29, 0.717) is 6.61 Å². The third-order valence-corrected chi connectivity index (χ3v) is 0.902. The first-order chi connectivity index (χ1) is 4.29. The lowest BCUT2D eigenvalue weighted by Crippen LogP contribution is -2.15. The molecule has 0 amide bonds. The smallest absolute Gasteiger partial charge is 0.497 e. The van der Waals surface area contributed by atoms with Gasteiger partial charge >= 0.3 is 6.16 Å². The zero-order valence-corrected chi connectivity index (χ0v) is 4.61. The highest BCUT2D eigenvalue weighted by atomic mass is 16.7. The average Bonchev–Trinajstić information content (AvgIpc) is 2.15. The summed E-state index contributed by atoms with van der Waals surface area (Å²) in [5.74, 6) is 0. The molecule has 0 saturated carbocycles. The SMILES string of the molecule is O=C(O)OC1C=COC1. The van der Waals surface area contributed by atoms with E-state index in [-0.39, 0.29) is 0 Å². The van der Waals surface area contributed by atoms with Gasteiger partial charge in [-0.15, -0.1) is 0 Å². The standard InChI is InChI=1S/C5H6O4/c6-5(7)9-4-1-2-8-3-4/h1-2,4H,3H2,(H,6,7). The molecule has 9 heavy (non-hydrogen) atoms.